The summed E-state index contributed by atoms with van der Waals surface area (Å²) in [6, 6.07) is 2.49. The van der Waals surface area contributed by atoms with Crippen molar-refractivity contribution in [1.29, 1.82) is 5.26 Å². The Balaban J connectivity index is 0.00000433. The minimum atomic E-state index is -0.542. The van der Waals surface area contributed by atoms with Crippen LogP contribution in [-0.2, 0) is 17.6 Å². The summed E-state index contributed by atoms with van der Waals surface area (Å²) in [5.41, 5.74) is 16.7. The number of ether oxygens (including phenoxy) is 2. The number of likely N-dealkylation sites (N-methyl/N-ethyl adjacent to an activating group) is 2. The summed E-state index contributed by atoms with van der Waals surface area (Å²) in [6.45, 7) is 6.32. The van der Waals surface area contributed by atoms with Crippen molar-refractivity contribution in [3.63, 3.8) is 0 Å². The van der Waals surface area contributed by atoms with Crippen molar-refractivity contribution in [3.05, 3.63) is 45.0 Å². The molecule has 6 atom stereocenters. The number of nitrogens with two attached hydrogens (primary N) is 2. The van der Waals surface area contributed by atoms with Crippen LogP contribution in [0.1, 0.15) is 63.9 Å². The van der Waals surface area contributed by atoms with Crippen molar-refractivity contribution >= 4 is 11.9 Å². The second kappa shape index (κ2) is 14.0. The Bertz CT molecular complexity index is 1640. The summed E-state index contributed by atoms with van der Waals surface area (Å²) in [7, 11) is 3.75. The van der Waals surface area contributed by atoms with Gasteiger partial charge in [-0.1, -0.05) is 6.07 Å². The van der Waals surface area contributed by atoms with Crippen LogP contribution in [0.5, 0.6) is 23.0 Å². The van der Waals surface area contributed by atoms with Gasteiger partial charge in [-0.2, -0.15) is 5.26 Å². The number of nitrogens with one attached hydrogen (secondary N) is 2. The maximum Gasteiger partial charge on any atom is 0.237 e. The molecule has 13 nitrogen and oxygen atoms in total. The van der Waals surface area contributed by atoms with Gasteiger partial charge in [0.05, 0.1) is 24.2 Å². The minimum absolute atomic E-state index is 0. The second-order valence-electron chi connectivity index (χ2n) is 12.9. The zero-order valence-corrected chi connectivity index (χ0v) is 32.4. The fraction of sp³-hybridized carbons (Fsp3) is 0.545. The van der Waals surface area contributed by atoms with E-state index < -0.39 is 18.1 Å². The van der Waals surface area contributed by atoms with Gasteiger partial charge in [-0.25, -0.2) is 0 Å². The van der Waals surface area contributed by atoms with Gasteiger partial charge >= 0.3 is 0 Å². The number of carbonyl (C=O) groups excluding carboxylic acids is 1. The average Bonchev–Trinajstić information content (AvgIpc) is 3.52. The molecular formula is C33H44AcN8O5. The SMILES string of the molecule is CN[C@@H](CCCN=C(N)N)C(=O)NC[C@H]1c2c(c(O)c(C)c3c2OCO3)CC2[C@@H]3c4c(cc(C)c(C)c4O)C[C@@H]([C@H](C#N)N21)N3C.[Ac]. The van der Waals surface area contributed by atoms with Crippen LogP contribution in [0.3, 0.4) is 0 Å². The Kier molecular flexibility index (Phi) is 10.5. The first-order valence-electron chi connectivity index (χ1n) is 15.8. The number of benzene rings is 2. The maximum absolute atomic E-state index is 13.6. The standard InChI is InChI=1S/C33H44N8O5.Ac/c1-15-9-18-10-21-23(12-34)41-22(27(40(21)5)25(18)29(43)16(15)2)11-19-26(31-30(45-14-46-31)17(3)28(19)42)24(41)13-39-32(44)20(37-4)7-6-8-38-33(35)36;/h9,20-24,27,37,42-43H,6-8,10-11,13-14H2,1-5H3,(H,39,44)(H4,35,36,38);/t20-,21-,22?,23-,24-,27+;/m0./s1. The van der Waals surface area contributed by atoms with Gasteiger partial charge in [0.25, 0.3) is 0 Å². The largest absolute Gasteiger partial charge is 0.507 e. The molecule has 0 spiro atoms. The van der Waals surface area contributed by atoms with Crippen molar-refractivity contribution in [2.75, 3.05) is 34.0 Å². The fourth-order valence-corrected chi connectivity index (χ4v) is 8.14. The van der Waals surface area contributed by atoms with Crippen molar-refractivity contribution in [2.45, 2.75) is 82.7 Å². The molecular weight excluding hydrogens is 815 g/mol. The number of nitriles is 1. The summed E-state index contributed by atoms with van der Waals surface area (Å²) in [4.78, 5) is 22.0. The first kappa shape index (κ1) is 35.5. The van der Waals surface area contributed by atoms with E-state index in [1.165, 1.54) is 0 Å². The minimum Gasteiger partial charge on any atom is -0.507 e. The van der Waals surface area contributed by atoms with E-state index in [0.717, 1.165) is 27.8 Å². The summed E-state index contributed by atoms with van der Waals surface area (Å²) in [6.07, 6.45) is 2.14. The second-order valence-corrected chi connectivity index (χ2v) is 12.9. The molecule has 1 saturated heterocycles. The van der Waals surface area contributed by atoms with Crippen LogP contribution in [0.15, 0.2) is 11.1 Å². The molecule has 1 unspecified atom stereocenters. The van der Waals surface area contributed by atoms with Gasteiger partial charge in [-0.3, -0.25) is 19.6 Å². The van der Waals surface area contributed by atoms with E-state index in [9.17, 15) is 20.3 Å². The summed E-state index contributed by atoms with van der Waals surface area (Å²) in [5.74, 6) is 1.25. The molecule has 249 valence electrons. The first-order chi connectivity index (χ1) is 22.0. The zero-order chi connectivity index (χ0) is 33.0. The van der Waals surface area contributed by atoms with Gasteiger partial charge < -0.3 is 41.8 Å². The molecule has 1 radical (unpaired) electrons. The number of aliphatic imine (C=N–C) groups is 1. The topological polar surface area (TPSA) is 195 Å². The third-order valence-electron chi connectivity index (χ3n) is 10.5. The van der Waals surface area contributed by atoms with Gasteiger partial charge in [0, 0.05) is 91.5 Å². The predicted octanol–water partition coefficient (Wildman–Crippen LogP) is 1.28. The molecule has 0 aliphatic carbocycles. The molecule has 2 bridgehead atoms. The van der Waals surface area contributed by atoms with E-state index in [1.807, 2.05) is 20.9 Å². The van der Waals surface area contributed by atoms with Crippen LogP contribution in [0.2, 0.25) is 0 Å². The molecule has 4 aliphatic rings. The summed E-state index contributed by atoms with van der Waals surface area (Å²) in [5, 5.41) is 40.2. The molecule has 2 aromatic carbocycles. The van der Waals surface area contributed by atoms with Crippen LogP contribution in [0.25, 0.3) is 0 Å². The number of piperazine rings is 1. The number of rotatable bonds is 8. The summed E-state index contributed by atoms with van der Waals surface area (Å²) < 4.78 is 11.9. The number of phenols is 2. The Hall–Kier alpha value is -2.81. The Morgan fingerprint density at radius 2 is 1.85 bits per heavy atom. The van der Waals surface area contributed by atoms with Gasteiger partial charge in [0.15, 0.2) is 17.5 Å². The fourth-order valence-electron chi connectivity index (χ4n) is 8.14. The molecule has 0 aromatic heterocycles. The zero-order valence-electron chi connectivity index (χ0n) is 27.6. The molecule has 4 heterocycles. The van der Waals surface area contributed by atoms with Crippen molar-refractivity contribution in [2.24, 2.45) is 16.5 Å². The monoisotopic (exact) mass is 859 g/mol. The third kappa shape index (κ3) is 5.93. The summed E-state index contributed by atoms with van der Waals surface area (Å²) >= 11 is 0. The van der Waals surface area contributed by atoms with Crippen LogP contribution in [0.4, 0.5) is 0 Å². The van der Waals surface area contributed by atoms with E-state index in [1.54, 1.807) is 14.0 Å². The normalized spacial score (nSPS) is 24.6. The van der Waals surface area contributed by atoms with Crippen LogP contribution >= 0.6 is 0 Å². The number of nitrogens with zero attached hydrogens (tertiary/aromatic N) is 4. The Labute approximate surface area is 311 Å². The quantitative estimate of drug-likeness (QED) is 0.127. The number of guanidine groups is 1. The number of aromatic hydroxyl groups is 2. The number of fused-ring (bicyclic) bond motifs is 9. The molecule has 6 rings (SSSR count). The smallest absolute Gasteiger partial charge is 0.237 e. The van der Waals surface area contributed by atoms with Gasteiger partial charge in [0.2, 0.25) is 12.7 Å². The number of aryl methyl sites for hydroxylation is 1. The molecule has 4 aliphatic heterocycles. The molecule has 14 heteroatoms. The van der Waals surface area contributed by atoms with Crippen LogP contribution in [0, 0.1) is 76.2 Å². The van der Waals surface area contributed by atoms with Crippen LogP contribution < -0.4 is 31.6 Å². The van der Waals surface area contributed by atoms with Gasteiger partial charge in [-0.15, -0.1) is 0 Å². The number of hydrogen-bond donors (Lipinski definition) is 6. The van der Waals surface area contributed by atoms with E-state index in [4.69, 9.17) is 20.9 Å². The molecule has 1 fully saturated rings. The van der Waals surface area contributed by atoms with Crippen molar-refractivity contribution < 1.29 is 68.5 Å². The van der Waals surface area contributed by atoms with E-state index >= 15 is 0 Å². The molecule has 8 N–H and O–H groups in total. The number of carbonyl (C=O) groups is 1. The molecule has 0 saturated carbocycles. The molecule has 1 amide bonds. The van der Waals surface area contributed by atoms with Crippen LogP contribution in [-0.4, -0.2) is 90.0 Å². The third-order valence-corrected chi connectivity index (χ3v) is 10.5. The molecule has 47 heavy (non-hydrogen) atoms. The van der Waals surface area contributed by atoms with E-state index in [0.29, 0.717) is 54.9 Å². The van der Waals surface area contributed by atoms with E-state index in [2.05, 4.69) is 37.6 Å². The van der Waals surface area contributed by atoms with E-state index in [-0.39, 0.29) is 98.9 Å². The van der Waals surface area contributed by atoms with Gasteiger partial charge in [-0.05, 0) is 77.2 Å². The van der Waals surface area contributed by atoms with Gasteiger partial charge in [0.1, 0.15) is 17.5 Å². The number of amides is 1. The average molecular weight is 860 g/mol. The maximum atomic E-state index is 13.6. The van der Waals surface area contributed by atoms with Crippen molar-refractivity contribution in [3.8, 4) is 29.1 Å². The Morgan fingerprint density at radius 3 is 2.53 bits per heavy atom. The number of hydrogen-bond acceptors (Lipinski definition) is 10. The first-order valence-corrected chi connectivity index (χ1v) is 15.8. The molecule has 2 aromatic rings. The predicted molar refractivity (Wildman–Crippen MR) is 172 cm³/mol. The number of phenolic OH excluding ortho intramolecular Hbond substituents is 2. The Morgan fingerprint density at radius 1 is 1.13 bits per heavy atom. The van der Waals surface area contributed by atoms with Crippen molar-refractivity contribution in [1.82, 2.24) is 20.4 Å².